The molecule has 4 nitrogen and oxygen atoms in total. The van der Waals surface area contributed by atoms with Crippen molar-refractivity contribution in [1.29, 1.82) is 0 Å². The molecule has 1 heterocycles. The molecule has 1 aliphatic rings. The van der Waals surface area contributed by atoms with E-state index in [0.29, 0.717) is 12.0 Å². The minimum absolute atomic E-state index is 0.292. The predicted octanol–water partition coefficient (Wildman–Crippen LogP) is 3.36. The summed E-state index contributed by atoms with van der Waals surface area (Å²) in [7, 11) is 0. The summed E-state index contributed by atoms with van der Waals surface area (Å²) < 4.78 is 0. The molecule has 0 saturated heterocycles. The molecule has 2 atom stereocenters. The van der Waals surface area contributed by atoms with Crippen molar-refractivity contribution < 1.29 is 0 Å². The number of aromatic nitrogens is 3. The molecule has 1 aromatic carbocycles. The molecule has 1 aliphatic carbocycles. The van der Waals surface area contributed by atoms with Crippen LogP contribution in [-0.2, 0) is 6.42 Å². The van der Waals surface area contributed by atoms with E-state index >= 15 is 0 Å². The number of benzene rings is 1. The van der Waals surface area contributed by atoms with Gasteiger partial charge in [0, 0.05) is 0 Å². The van der Waals surface area contributed by atoms with Crippen LogP contribution in [0.5, 0.6) is 0 Å². The summed E-state index contributed by atoms with van der Waals surface area (Å²) in [4.78, 5) is 0. The van der Waals surface area contributed by atoms with Gasteiger partial charge in [-0.2, -0.15) is 15.4 Å². The van der Waals surface area contributed by atoms with Gasteiger partial charge < -0.3 is 5.32 Å². The van der Waals surface area contributed by atoms with Crippen LogP contribution in [0.25, 0.3) is 0 Å². The Kier molecular flexibility index (Phi) is 4.65. The average molecular weight is 284 g/mol. The van der Waals surface area contributed by atoms with E-state index in [1.54, 1.807) is 0 Å². The fourth-order valence-corrected chi connectivity index (χ4v) is 3.39. The van der Waals surface area contributed by atoms with Crippen LogP contribution in [0.4, 0.5) is 0 Å². The van der Waals surface area contributed by atoms with Crippen LogP contribution in [0.2, 0.25) is 0 Å². The molecule has 2 N–H and O–H groups in total. The van der Waals surface area contributed by atoms with Crippen LogP contribution in [0.3, 0.4) is 0 Å². The third kappa shape index (κ3) is 3.32. The molecule has 21 heavy (non-hydrogen) atoms. The Morgan fingerprint density at radius 3 is 3.10 bits per heavy atom. The first-order chi connectivity index (χ1) is 10.4. The minimum atomic E-state index is 0.292. The summed E-state index contributed by atoms with van der Waals surface area (Å²) in [5.74, 6) is 0.626. The topological polar surface area (TPSA) is 53.6 Å². The summed E-state index contributed by atoms with van der Waals surface area (Å²) >= 11 is 0. The maximum Gasteiger partial charge on any atom is 0.0994 e. The zero-order valence-corrected chi connectivity index (χ0v) is 12.7. The molecule has 0 aliphatic heterocycles. The molecule has 3 rings (SSSR count). The number of nitrogens with zero attached hydrogens (tertiary/aromatic N) is 2. The van der Waals surface area contributed by atoms with Gasteiger partial charge in [0.05, 0.1) is 17.9 Å². The lowest BCUT2D eigenvalue weighted by Crippen LogP contribution is -2.25. The maximum absolute atomic E-state index is 4.29. The first kappa shape index (κ1) is 14.3. The van der Waals surface area contributed by atoms with E-state index in [4.69, 9.17) is 0 Å². The lowest BCUT2D eigenvalue weighted by atomic mass is 9.79. The number of hydrogen-bond donors (Lipinski definition) is 2. The molecule has 1 aromatic heterocycles. The van der Waals surface area contributed by atoms with E-state index in [-0.39, 0.29) is 0 Å². The summed E-state index contributed by atoms with van der Waals surface area (Å²) in [6.07, 6.45) is 7.88. The average Bonchev–Trinajstić information content (AvgIpc) is 3.06. The lowest BCUT2D eigenvalue weighted by molar-refractivity contribution is 0.413. The second-order valence-corrected chi connectivity index (χ2v) is 5.93. The van der Waals surface area contributed by atoms with Gasteiger partial charge in [-0.05, 0) is 55.7 Å². The highest BCUT2D eigenvalue weighted by Gasteiger charge is 2.24. The van der Waals surface area contributed by atoms with Gasteiger partial charge in [-0.1, -0.05) is 31.2 Å². The Morgan fingerprint density at radius 2 is 2.29 bits per heavy atom. The Morgan fingerprint density at radius 1 is 1.38 bits per heavy atom. The van der Waals surface area contributed by atoms with Gasteiger partial charge in [-0.25, -0.2) is 0 Å². The highest BCUT2D eigenvalue weighted by molar-refractivity contribution is 5.32. The van der Waals surface area contributed by atoms with Gasteiger partial charge >= 0.3 is 0 Å². The molecule has 0 spiro atoms. The number of fused-ring (bicyclic) bond motifs is 1. The van der Waals surface area contributed by atoms with Gasteiger partial charge in [0.2, 0.25) is 0 Å². The smallest absolute Gasteiger partial charge is 0.0994 e. The minimum Gasteiger partial charge on any atom is -0.309 e. The van der Waals surface area contributed by atoms with Crippen LogP contribution in [0, 0.1) is 0 Å². The standard InChI is InChI=1S/C17H24N4/c1-2-10-18-16(17-12-19-21-20-17)11-14-8-5-7-13-6-3-4-9-15(13)14/h3-4,6,9,12,14,16,18H,2,5,7-8,10-11H2,1H3,(H,19,20,21). The van der Waals surface area contributed by atoms with Crippen molar-refractivity contribution in [3.63, 3.8) is 0 Å². The summed E-state index contributed by atoms with van der Waals surface area (Å²) in [6.45, 7) is 3.22. The molecule has 112 valence electrons. The van der Waals surface area contributed by atoms with Crippen LogP contribution in [-0.4, -0.2) is 22.0 Å². The summed E-state index contributed by atoms with van der Waals surface area (Å²) in [5, 5.41) is 14.6. The Balaban J connectivity index is 1.77. The van der Waals surface area contributed by atoms with E-state index in [0.717, 1.165) is 25.1 Å². The van der Waals surface area contributed by atoms with Gasteiger partial charge in [0.15, 0.2) is 0 Å². The molecule has 2 aromatic rings. The molecule has 2 unspecified atom stereocenters. The normalized spacial score (nSPS) is 19.2. The van der Waals surface area contributed by atoms with Gasteiger partial charge in [-0.3, -0.25) is 0 Å². The van der Waals surface area contributed by atoms with E-state index in [1.165, 1.54) is 30.4 Å². The summed E-state index contributed by atoms with van der Waals surface area (Å²) in [6, 6.07) is 9.21. The molecular formula is C17H24N4. The van der Waals surface area contributed by atoms with Gasteiger partial charge in [0.1, 0.15) is 0 Å². The highest BCUT2D eigenvalue weighted by atomic mass is 15.3. The molecule has 0 amide bonds. The Bertz CT molecular complexity index is 550. The first-order valence-electron chi connectivity index (χ1n) is 8.05. The largest absolute Gasteiger partial charge is 0.309 e. The zero-order chi connectivity index (χ0) is 14.5. The monoisotopic (exact) mass is 284 g/mol. The second-order valence-electron chi connectivity index (χ2n) is 5.93. The number of aryl methyl sites for hydroxylation is 1. The number of hydrogen-bond acceptors (Lipinski definition) is 3. The van der Waals surface area contributed by atoms with E-state index in [2.05, 4.69) is 51.9 Å². The molecule has 0 bridgehead atoms. The quantitative estimate of drug-likeness (QED) is 0.855. The number of aromatic amines is 1. The third-order valence-electron chi connectivity index (χ3n) is 4.45. The Hall–Kier alpha value is -1.68. The van der Waals surface area contributed by atoms with Gasteiger partial charge in [0.25, 0.3) is 0 Å². The zero-order valence-electron chi connectivity index (χ0n) is 12.7. The van der Waals surface area contributed by atoms with Crippen LogP contribution in [0.15, 0.2) is 30.5 Å². The van der Waals surface area contributed by atoms with Crippen molar-refractivity contribution in [2.45, 2.75) is 51.0 Å². The van der Waals surface area contributed by atoms with E-state index < -0.39 is 0 Å². The van der Waals surface area contributed by atoms with Crippen LogP contribution < -0.4 is 5.32 Å². The molecule has 0 fully saturated rings. The van der Waals surface area contributed by atoms with E-state index in [1.807, 2.05) is 6.20 Å². The van der Waals surface area contributed by atoms with Crippen molar-refractivity contribution >= 4 is 0 Å². The predicted molar refractivity (Wildman–Crippen MR) is 84.2 cm³/mol. The van der Waals surface area contributed by atoms with E-state index in [9.17, 15) is 0 Å². The maximum atomic E-state index is 4.29. The van der Waals surface area contributed by atoms with Crippen LogP contribution >= 0.6 is 0 Å². The van der Waals surface area contributed by atoms with Crippen molar-refractivity contribution in [2.24, 2.45) is 0 Å². The fraction of sp³-hybridized carbons (Fsp3) is 0.529. The number of H-pyrrole nitrogens is 1. The number of rotatable bonds is 6. The van der Waals surface area contributed by atoms with Crippen molar-refractivity contribution in [3.05, 3.63) is 47.3 Å². The van der Waals surface area contributed by atoms with Crippen molar-refractivity contribution in [2.75, 3.05) is 6.54 Å². The van der Waals surface area contributed by atoms with Crippen LogP contribution in [0.1, 0.15) is 61.4 Å². The van der Waals surface area contributed by atoms with Gasteiger partial charge in [-0.15, -0.1) is 0 Å². The molecule has 0 radical (unpaired) electrons. The third-order valence-corrected chi connectivity index (χ3v) is 4.45. The van der Waals surface area contributed by atoms with Crippen molar-refractivity contribution in [1.82, 2.24) is 20.7 Å². The molecule has 0 saturated carbocycles. The molecular weight excluding hydrogens is 260 g/mol. The lowest BCUT2D eigenvalue weighted by Gasteiger charge is -2.28. The SMILES string of the molecule is CCCNC(CC1CCCc2ccccc21)c1cn[nH]n1. The Labute approximate surface area is 126 Å². The fourth-order valence-electron chi connectivity index (χ4n) is 3.39. The first-order valence-corrected chi connectivity index (χ1v) is 8.05. The second kappa shape index (κ2) is 6.85. The van der Waals surface area contributed by atoms with Crippen molar-refractivity contribution in [3.8, 4) is 0 Å². The number of nitrogens with one attached hydrogen (secondary N) is 2. The highest BCUT2D eigenvalue weighted by Crippen LogP contribution is 2.37. The summed E-state index contributed by atoms with van der Waals surface area (Å²) in [5.41, 5.74) is 4.10. The molecule has 4 heteroatoms.